The van der Waals surface area contributed by atoms with E-state index in [0.717, 1.165) is 23.4 Å². The average molecular weight is 308 g/mol. The molecule has 0 radical (unpaired) electrons. The summed E-state index contributed by atoms with van der Waals surface area (Å²) in [6.45, 7) is 3.23. The van der Waals surface area contributed by atoms with Crippen LogP contribution in [0.5, 0.6) is 5.75 Å². The monoisotopic (exact) mass is 308 g/mol. The third-order valence-electron chi connectivity index (χ3n) is 4.27. The van der Waals surface area contributed by atoms with Crippen molar-refractivity contribution in [3.05, 3.63) is 48.5 Å². The topological polar surface area (TPSA) is 38.0 Å². The first kappa shape index (κ1) is 15.6. The highest BCUT2D eigenvalue weighted by molar-refractivity contribution is 5.80. The summed E-state index contributed by atoms with van der Waals surface area (Å²) < 4.78 is 2.31. The van der Waals surface area contributed by atoms with Crippen molar-refractivity contribution in [2.75, 3.05) is 0 Å². The van der Waals surface area contributed by atoms with Gasteiger partial charge in [0.15, 0.2) is 0 Å². The Bertz CT molecular complexity index is 759. The molecule has 120 valence electrons. The second kappa shape index (κ2) is 7.32. The summed E-state index contributed by atoms with van der Waals surface area (Å²) in [7, 11) is 0. The molecule has 0 aliphatic heterocycles. The Balaban J connectivity index is 1.90. The lowest BCUT2D eigenvalue weighted by Gasteiger charge is -2.09. The summed E-state index contributed by atoms with van der Waals surface area (Å²) in [5.74, 6) is 1.28. The van der Waals surface area contributed by atoms with E-state index < -0.39 is 0 Å². The van der Waals surface area contributed by atoms with Crippen molar-refractivity contribution in [2.24, 2.45) is 0 Å². The SMILES string of the molecule is CCCCCCCn1c(-c2ccc(O)cc2)nc2ccccc21. The largest absolute Gasteiger partial charge is 0.508 e. The number of hydrogen-bond donors (Lipinski definition) is 1. The summed E-state index contributed by atoms with van der Waals surface area (Å²) in [5, 5.41) is 9.51. The minimum atomic E-state index is 0.288. The highest BCUT2D eigenvalue weighted by Gasteiger charge is 2.12. The van der Waals surface area contributed by atoms with Gasteiger partial charge in [-0.15, -0.1) is 0 Å². The number of nitrogens with zero attached hydrogens (tertiary/aromatic N) is 2. The number of phenolic OH excluding ortho intramolecular Hbond substituents is 1. The quantitative estimate of drug-likeness (QED) is 0.595. The molecule has 0 saturated heterocycles. The number of benzene rings is 2. The van der Waals surface area contributed by atoms with Gasteiger partial charge in [-0.3, -0.25) is 0 Å². The Morgan fingerprint density at radius 3 is 2.43 bits per heavy atom. The molecule has 3 aromatic rings. The van der Waals surface area contributed by atoms with Gasteiger partial charge in [-0.05, 0) is 42.8 Å². The molecular weight excluding hydrogens is 284 g/mol. The van der Waals surface area contributed by atoms with Gasteiger partial charge in [-0.2, -0.15) is 0 Å². The summed E-state index contributed by atoms with van der Waals surface area (Å²) in [6.07, 6.45) is 6.32. The van der Waals surface area contributed by atoms with E-state index in [4.69, 9.17) is 4.98 Å². The molecule has 0 unspecified atom stereocenters. The van der Waals surface area contributed by atoms with Crippen LogP contribution in [0.4, 0.5) is 0 Å². The van der Waals surface area contributed by atoms with Crippen molar-refractivity contribution in [1.82, 2.24) is 9.55 Å². The number of rotatable bonds is 7. The Labute approximate surface area is 137 Å². The molecule has 3 nitrogen and oxygen atoms in total. The maximum absolute atomic E-state index is 9.51. The lowest BCUT2D eigenvalue weighted by atomic mass is 10.1. The van der Waals surface area contributed by atoms with Crippen LogP contribution in [-0.4, -0.2) is 14.7 Å². The lowest BCUT2D eigenvalue weighted by molar-refractivity contribution is 0.475. The van der Waals surface area contributed by atoms with Crippen LogP contribution in [0.15, 0.2) is 48.5 Å². The second-order valence-electron chi connectivity index (χ2n) is 6.04. The number of imidazole rings is 1. The van der Waals surface area contributed by atoms with Crippen molar-refractivity contribution >= 4 is 11.0 Å². The van der Waals surface area contributed by atoms with Gasteiger partial charge in [-0.25, -0.2) is 4.98 Å². The van der Waals surface area contributed by atoms with E-state index in [0.29, 0.717) is 0 Å². The van der Waals surface area contributed by atoms with Gasteiger partial charge in [0.25, 0.3) is 0 Å². The predicted octanol–water partition coefficient (Wildman–Crippen LogP) is 5.38. The summed E-state index contributed by atoms with van der Waals surface area (Å²) >= 11 is 0. The Morgan fingerprint density at radius 2 is 1.65 bits per heavy atom. The summed E-state index contributed by atoms with van der Waals surface area (Å²) in [6, 6.07) is 15.6. The number of aromatic hydroxyl groups is 1. The Hall–Kier alpha value is -2.29. The summed E-state index contributed by atoms with van der Waals surface area (Å²) in [4.78, 5) is 4.81. The molecule has 0 aliphatic carbocycles. The molecule has 0 bridgehead atoms. The molecule has 0 saturated carbocycles. The molecule has 0 atom stereocenters. The molecule has 1 N–H and O–H groups in total. The van der Waals surface area contributed by atoms with E-state index in [1.165, 1.54) is 37.6 Å². The molecule has 1 heterocycles. The lowest BCUT2D eigenvalue weighted by Crippen LogP contribution is -2.01. The van der Waals surface area contributed by atoms with Gasteiger partial charge in [0.05, 0.1) is 11.0 Å². The number of aryl methyl sites for hydroxylation is 1. The molecule has 23 heavy (non-hydrogen) atoms. The second-order valence-corrected chi connectivity index (χ2v) is 6.04. The fraction of sp³-hybridized carbons (Fsp3) is 0.350. The van der Waals surface area contributed by atoms with Crippen LogP contribution >= 0.6 is 0 Å². The molecule has 0 aliphatic rings. The smallest absolute Gasteiger partial charge is 0.141 e. The van der Waals surface area contributed by atoms with E-state index in [2.05, 4.69) is 29.7 Å². The fourth-order valence-electron chi connectivity index (χ4n) is 3.01. The molecule has 2 aromatic carbocycles. The van der Waals surface area contributed by atoms with Crippen LogP contribution in [0, 0.1) is 0 Å². The standard InChI is InChI=1S/C20H24N2O/c1-2-3-4-5-8-15-22-19-10-7-6-9-18(19)21-20(22)16-11-13-17(23)14-12-16/h6-7,9-14,23H,2-5,8,15H2,1H3. The number of fused-ring (bicyclic) bond motifs is 1. The van der Waals surface area contributed by atoms with Gasteiger partial charge < -0.3 is 9.67 Å². The zero-order chi connectivity index (χ0) is 16.1. The van der Waals surface area contributed by atoms with Crippen LogP contribution in [0.25, 0.3) is 22.4 Å². The number of unbranched alkanes of at least 4 members (excludes halogenated alkanes) is 4. The van der Waals surface area contributed by atoms with Gasteiger partial charge in [0.2, 0.25) is 0 Å². The maximum atomic E-state index is 9.51. The molecular formula is C20H24N2O. The van der Waals surface area contributed by atoms with E-state index >= 15 is 0 Å². The zero-order valence-electron chi connectivity index (χ0n) is 13.7. The van der Waals surface area contributed by atoms with Crippen molar-refractivity contribution < 1.29 is 5.11 Å². The minimum absolute atomic E-state index is 0.288. The van der Waals surface area contributed by atoms with Gasteiger partial charge in [0, 0.05) is 12.1 Å². The van der Waals surface area contributed by atoms with Crippen LogP contribution in [-0.2, 0) is 6.54 Å². The molecule has 3 rings (SSSR count). The third kappa shape index (κ3) is 3.55. The zero-order valence-corrected chi connectivity index (χ0v) is 13.7. The predicted molar refractivity (Wildman–Crippen MR) is 95.6 cm³/mol. The van der Waals surface area contributed by atoms with Crippen molar-refractivity contribution in [3.8, 4) is 17.1 Å². The van der Waals surface area contributed by atoms with Crippen molar-refractivity contribution in [1.29, 1.82) is 0 Å². The van der Waals surface area contributed by atoms with Crippen LogP contribution < -0.4 is 0 Å². The molecule has 1 aromatic heterocycles. The van der Waals surface area contributed by atoms with Gasteiger partial charge in [0.1, 0.15) is 11.6 Å². The fourth-order valence-corrected chi connectivity index (χ4v) is 3.01. The number of phenols is 1. The number of aromatic nitrogens is 2. The van der Waals surface area contributed by atoms with E-state index in [1.54, 1.807) is 12.1 Å². The normalized spacial score (nSPS) is 11.2. The van der Waals surface area contributed by atoms with Crippen LogP contribution in [0.2, 0.25) is 0 Å². The van der Waals surface area contributed by atoms with Crippen LogP contribution in [0.1, 0.15) is 39.0 Å². The Kier molecular flexibility index (Phi) is 4.96. The first-order valence-electron chi connectivity index (χ1n) is 8.54. The molecule has 0 amide bonds. The molecule has 0 spiro atoms. The highest BCUT2D eigenvalue weighted by Crippen LogP contribution is 2.26. The van der Waals surface area contributed by atoms with Crippen molar-refractivity contribution in [3.63, 3.8) is 0 Å². The average Bonchev–Trinajstić information content (AvgIpc) is 2.94. The first-order chi connectivity index (χ1) is 11.3. The van der Waals surface area contributed by atoms with E-state index in [1.807, 2.05) is 18.2 Å². The van der Waals surface area contributed by atoms with E-state index in [-0.39, 0.29) is 5.75 Å². The van der Waals surface area contributed by atoms with Gasteiger partial charge in [-0.1, -0.05) is 44.7 Å². The first-order valence-corrected chi connectivity index (χ1v) is 8.54. The highest BCUT2D eigenvalue weighted by atomic mass is 16.3. The van der Waals surface area contributed by atoms with Crippen molar-refractivity contribution in [2.45, 2.75) is 45.6 Å². The Morgan fingerprint density at radius 1 is 0.913 bits per heavy atom. The third-order valence-corrected chi connectivity index (χ3v) is 4.27. The molecule has 0 fully saturated rings. The van der Waals surface area contributed by atoms with E-state index in [9.17, 15) is 5.11 Å². The van der Waals surface area contributed by atoms with Crippen LogP contribution in [0.3, 0.4) is 0 Å². The molecule has 3 heteroatoms. The van der Waals surface area contributed by atoms with Gasteiger partial charge >= 0.3 is 0 Å². The summed E-state index contributed by atoms with van der Waals surface area (Å²) in [5.41, 5.74) is 3.27. The minimum Gasteiger partial charge on any atom is -0.508 e. The number of hydrogen-bond acceptors (Lipinski definition) is 2. The number of para-hydroxylation sites is 2. The maximum Gasteiger partial charge on any atom is 0.141 e.